The number of carboxylic acids is 1. The molecule has 0 aliphatic carbocycles. The van der Waals surface area contributed by atoms with Crippen molar-refractivity contribution < 1.29 is 9.90 Å². The van der Waals surface area contributed by atoms with Gasteiger partial charge in [-0.3, -0.25) is 5.73 Å². The van der Waals surface area contributed by atoms with E-state index in [0.29, 0.717) is 13.1 Å². The Morgan fingerprint density at radius 2 is 2.25 bits per heavy atom. The van der Waals surface area contributed by atoms with Gasteiger partial charge in [0, 0.05) is 19.2 Å². The Balaban J connectivity index is 3.05. The van der Waals surface area contributed by atoms with Gasteiger partial charge in [-0.2, -0.15) is 0 Å². The van der Waals surface area contributed by atoms with Gasteiger partial charge in [0.2, 0.25) is 0 Å². The first kappa shape index (κ1) is 11.1. The smallest absolute Gasteiger partial charge is 0.328 e. The van der Waals surface area contributed by atoms with Crippen molar-refractivity contribution >= 4 is 5.97 Å². The van der Waals surface area contributed by atoms with E-state index in [-0.39, 0.29) is 0 Å². The second-order valence-electron chi connectivity index (χ2n) is 2.40. The minimum atomic E-state index is -0.914. The van der Waals surface area contributed by atoms with Gasteiger partial charge in [0.1, 0.15) is 0 Å². The van der Waals surface area contributed by atoms with Crippen LogP contribution in [-0.4, -0.2) is 30.7 Å². The molecule has 0 heterocycles. The maximum absolute atomic E-state index is 10.00. The van der Waals surface area contributed by atoms with Gasteiger partial charge in [-0.1, -0.05) is 6.08 Å². The van der Waals surface area contributed by atoms with Gasteiger partial charge >= 0.3 is 5.97 Å². The molecule has 0 aliphatic heterocycles. The molecule has 0 aromatic rings. The average Bonchev–Trinajstić information content (AvgIpc) is 2.02. The van der Waals surface area contributed by atoms with E-state index in [1.54, 1.807) is 6.08 Å². The van der Waals surface area contributed by atoms with Crippen LogP contribution in [0.1, 0.15) is 12.8 Å². The molecule has 0 aromatic heterocycles. The number of nitrogens with one attached hydrogen (secondary N) is 2. The highest BCUT2D eigenvalue weighted by molar-refractivity contribution is 5.79. The molecule has 0 bridgehead atoms. The molecule has 0 aromatic carbocycles. The molecule has 0 saturated heterocycles. The summed E-state index contributed by atoms with van der Waals surface area (Å²) < 4.78 is 0. The molecule has 0 atom stereocenters. The number of carbonyl (C=O) groups is 1. The molecular weight excluding hydrogens is 156 g/mol. The van der Waals surface area contributed by atoms with Crippen molar-refractivity contribution in [2.75, 3.05) is 19.6 Å². The Hall–Kier alpha value is -0.870. The second-order valence-corrected chi connectivity index (χ2v) is 2.40. The standard InChI is InChI=1S/C8H15N2O2/c9-5-1-2-6-10-7-3-4-8(11)12/h3-4,9-10H,1-2,5-7H2,(H,11,12)/b4-3+. The van der Waals surface area contributed by atoms with Gasteiger partial charge in [-0.15, -0.1) is 0 Å². The largest absolute Gasteiger partial charge is 0.478 e. The Morgan fingerprint density at radius 1 is 1.50 bits per heavy atom. The third kappa shape index (κ3) is 9.13. The monoisotopic (exact) mass is 171 g/mol. The van der Waals surface area contributed by atoms with E-state index < -0.39 is 5.97 Å². The van der Waals surface area contributed by atoms with Crippen LogP contribution < -0.4 is 11.1 Å². The molecule has 3 N–H and O–H groups in total. The molecule has 0 spiro atoms. The van der Waals surface area contributed by atoms with Crippen molar-refractivity contribution in [1.29, 1.82) is 0 Å². The highest BCUT2D eigenvalue weighted by Gasteiger charge is 1.86. The van der Waals surface area contributed by atoms with E-state index in [1.807, 2.05) is 0 Å². The van der Waals surface area contributed by atoms with Crippen molar-refractivity contribution in [2.45, 2.75) is 12.8 Å². The van der Waals surface area contributed by atoms with E-state index in [9.17, 15) is 4.79 Å². The SMILES string of the molecule is [NH]CCCCNC/C=C/C(=O)O. The summed E-state index contributed by atoms with van der Waals surface area (Å²) in [5.41, 5.74) is 6.86. The Kier molecular flexibility index (Phi) is 7.63. The van der Waals surface area contributed by atoms with E-state index in [4.69, 9.17) is 10.8 Å². The summed E-state index contributed by atoms with van der Waals surface area (Å²) >= 11 is 0. The predicted octanol–water partition coefficient (Wildman–Crippen LogP) is 0.280. The third-order valence-electron chi connectivity index (χ3n) is 1.30. The molecule has 1 radical (unpaired) electrons. The molecule has 0 unspecified atom stereocenters. The van der Waals surface area contributed by atoms with Crippen LogP contribution in [0.25, 0.3) is 0 Å². The maximum Gasteiger partial charge on any atom is 0.328 e. The van der Waals surface area contributed by atoms with E-state index >= 15 is 0 Å². The van der Waals surface area contributed by atoms with Gasteiger partial charge in [0.15, 0.2) is 0 Å². The summed E-state index contributed by atoms with van der Waals surface area (Å²) in [5.74, 6) is -0.914. The minimum absolute atomic E-state index is 0.465. The van der Waals surface area contributed by atoms with Crippen LogP contribution >= 0.6 is 0 Å². The van der Waals surface area contributed by atoms with Gasteiger partial charge in [0.05, 0.1) is 0 Å². The Morgan fingerprint density at radius 3 is 2.83 bits per heavy atom. The molecule has 0 amide bonds. The number of rotatable bonds is 7. The predicted molar refractivity (Wildman–Crippen MR) is 46.8 cm³/mol. The molecular formula is C8H15N2O2. The van der Waals surface area contributed by atoms with Crippen LogP contribution in [0.2, 0.25) is 0 Å². The van der Waals surface area contributed by atoms with Gasteiger partial charge < -0.3 is 10.4 Å². The van der Waals surface area contributed by atoms with Crippen LogP contribution in [0.15, 0.2) is 12.2 Å². The summed E-state index contributed by atoms with van der Waals surface area (Å²) in [4.78, 5) is 10.00. The summed E-state index contributed by atoms with van der Waals surface area (Å²) in [6.45, 7) is 1.90. The summed E-state index contributed by atoms with van der Waals surface area (Å²) in [5, 5.41) is 11.3. The fourth-order valence-electron chi connectivity index (χ4n) is 0.720. The van der Waals surface area contributed by atoms with Crippen molar-refractivity contribution in [3.05, 3.63) is 12.2 Å². The number of hydrogen-bond donors (Lipinski definition) is 2. The fraction of sp³-hybridized carbons (Fsp3) is 0.625. The molecule has 12 heavy (non-hydrogen) atoms. The lowest BCUT2D eigenvalue weighted by Gasteiger charge is -1.98. The molecule has 4 nitrogen and oxygen atoms in total. The van der Waals surface area contributed by atoms with E-state index in [2.05, 4.69) is 5.32 Å². The highest BCUT2D eigenvalue weighted by Crippen LogP contribution is 1.82. The summed E-state index contributed by atoms with van der Waals surface area (Å²) in [6, 6.07) is 0. The zero-order valence-corrected chi connectivity index (χ0v) is 7.05. The molecule has 69 valence electrons. The van der Waals surface area contributed by atoms with Gasteiger partial charge in [-0.05, 0) is 19.4 Å². The first-order chi connectivity index (χ1) is 5.77. The Bertz CT molecular complexity index is 146. The first-order valence-corrected chi connectivity index (χ1v) is 4.02. The van der Waals surface area contributed by atoms with Crippen LogP contribution in [0.5, 0.6) is 0 Å². The lowest BCUT2D eigenvalue weighted by atomic mass is 10.3. The number of hydrogen-bond acceptors (Lipinski definition) is 2. The fourth-order valence-corrected chi connectivity index (χ4v) is 0.720. The molecule has 0 rings (SSSR count). The zero-order chi connectivity index (χ0) is 9.23. The van der Waals surface area contributed by atoms with Gasteiger partial charge in [0.25, 0.3) is 0 Å². The van der Waals surface area contributed by atoms with E-state index in [0.717, 1.165) is 25.5 Å². The first-order valence-electron chi connectivity index (χ1n) is 4.02. The third-order valence-corrected chi connectivity index (χ3v) is 1.30. The van der Waals surface area contributed by atoms with Crippen molar-refractivity contribution in [2.24, 2.45) is 0 Å². The number of aliphatic carboxylic acids is 1. The van der Waals surface area contributed by atoms with Gasteiger partial charge in [-0.25, -0.2) is 4.79 Å². The minimum Gasteiger partial charge on any atom is -0.478 e. The van der Waals surface area contributed by atoms with Crippen LogP contribution in [0.3, 0.4) is 0 Å². The second kappa shape index (κ2) is 8.23. The normalized spacial score (nSPS) is 10.8. The molecule has 4 heteroatoms. The summed E-state index contributed by atoms with van der Waals surface area (Å²) in [6.07, 6.45) is 4.57. The van der Waals surface area contributed by atoms with Crippen LogP contribution in [0.4, 0.5) is 0 Å². The van der Waals surface area contributed by atoms with Crippen LogP contribution in [-0.2, 0) is 4.79 Å². The molecule has 0 aliphatic rings. The summed E-state index contributed by atoms with van der Waals surface area (Å²) in [7, 11) is 0. The van der Waals surface area contributed by atoms with Crippen LogP contribution in [0, 0.1) is 0 Å². The number of carboxylic acid groups (broad SMARTS) is 1. The molecule has 0 saturated carbocycles. The lowest BCUT2D eigenvalue weighted by molar-refractivity contribution is -0.131. The molecule has 0 fully saturated rings. The Labute approximate surface area is 72.4 Å². The zero-order valence-electron chi connectivity index (χ0n) is 7.05. The van der Waals surface area contributed by atoms with Crippen molar-refractivity contribution in [3.63, 3.8) is 0 Å². The highest BCUT2D eigenvalue weighted by atomic mass is 16.4. The van der Waals surface area contributed by atoms with E-state index in [1.165, 1.54) is 0 Å². The van der Waals surface area contributed by atoms with Crippen molar-refractivity contribution in [1.82, 2.24) is 11.1 Å². The maximum atomic E-state index is 10.00. The topological polar surface area (TPSA) is 73.1 Å². The average molecular weight is 171 g/mol. The number of unbranched alkanes of at least 4 members (excludes halogenated alkanes) is 1. The lowest BCUT2D eigenvalue weighted by Crippen LogP contribution is -2.15. The van der Waals surface area contributed by atoms with Crippen molar-refractivity contribution in [3.8, 4) is 0 Å². The quantitative estimate of drug-likeness (QED) is 0.427.